The minimum absolute atomic E-state index is 0.293. The second-order valence-corrected chi connectivity index (χ2v) is 8.13. The third-order valence-electron chi connectivity index (χ3n) is 4.49. The standard InChI is InChI=1S/C19H25N3O3S/c1-25-12-4-11-20-17-8-10-19(21-14-17)22-26(23,24)18-9-7-15-5-2-3-6-16(15)13-18/h7-10,13-14,20H,2-6,11-12H2,1H3,(H,21,22). The highest BCUT2D eigenvalue weighted by Crippen LogP contribution is 2.25. The lowest BCUT2D eigenvalue weighted by Crippen LogP contribution is -2.15. The number of nitrogens with one attached hydrogen (secondary N) is 2. The summed E-state index contributed by atoms with van der Waals surface area (Å²) >= 11 is 0. The van der Waals surface area contributed by atoms with Crippen LogP contribution in [0.3, 0.4) is 0 Å². The number of fused-ring (bicyclic) bond motifs is 1. The zero-order valence-electron chi connectivity index (χ0n) is 15.0. The molecule has 1 heterocycles. The van der Waals surface area contributed by atoms with Gasteiger partial charge in [-0.15, -0.1) is 0 Å². The minimum Gasteiger partial charge on any atom is -0.385 e. The molecule has 0 aliphatic heterocycles. The minimum atomic E-state index is -3.63. The van der Waals surface area contributed by atoms with E-state index in [0.29, 0.717) is 17.3 Å². The van der Waals surface area contributed by atoms with Gasteiger partial charge in [-0.3, -0.25) is 4.72 Å². The van der Waals surface area contributed by atoms with Crippen LogP contribution < -0.4 is 10.0 Å². The highest BCUT2D eigenvalue weighted by atomic mass is 32.2. The van der Waals surface area contributed by atoms with E-state index in [1.165, 1.54) is 12.0 Å². The smallest absolute Gasteiger partial charge is 0.263 e. The number of methoxy groups -OCH3 is 1. The summed E-state index contributed by atoms with van der Waals surface area (Å²) < 4.78 is 32.8. The first-order valence-corrected chi connectivity index (χ1v) is 10.4. The molecule has 26 heavy (non-hydrogen) atoms. The van der Waals surface area contributed by atoms with E-state index in [0.717, 1.165) is 43.5 Å². The van der Waals surface area contributed by atoms with Crippen molar-refractivity contribution in [2.75, 3.05) is 30.3 Å². The third-order valence-corrected chi connectivity index (χ3v) is 5.84. The molecule has 2 aromatic rings. The van der Waals surface area contributed by atoms with E-state index < -0.39 is 10.0 Å². The topological polar surface area (TPSA) is 80.3 Å². The molecule has 0 unspecified atom stereocenters. The second-order valence-electron chi connectivity index (χ2n) is 6.45. The molecule has 2 N–H and O–H groups in total. The number of anilines is 2. The fourth-order valence-corrected chi connectivity index (χ4v) is 4.14. The molecule has 3 rings (SSSR count). The molecule has 0 saturated carbocycles. The van der Waals surface area contributed by atoms with E-state index in [9.17, 15) is 8.42 Å². The SMILES string of the molecule is COCCCNc1ccc(NS(=O)(=O)c2ccc3c(c2)CCCC3)nc1. The number of aromatic nitrogens is 1. The molecule has 1 aliphatic rings. The maximum Gasteiger partial charge on any atom is 0.263 e. The first-order valence-electron chi connectivity index (χ1n) is 8.92. The lowest BCUT2D eigenvalue weighted by Gasteiger charge is -2.17. The van der Waals surface area contributed by atoms with Crippen molar-refractivity contribution in [2.24, 2.45) is 0 Å². The Kier molecular flexibility index (Phi) is 6.11. The van der Waals surface area contributed by atoms with E-state index in [1.54, 1.807) is 31.5 Å². The molecule has 1 aliphatic carbocycles. The first kappa shape index (κ1) is 18.7. The van der Waals surface area contributed by atoms with E-state index in [4.69, 9.17) is 4.74 Å². The van der Waals surface area contributed by atoms with E-state index in [-0.39, 0.29) is 0 Å². The highest BCUT2D eigenvalue weighted by Gasteiger charge is 2.18. The van der Waals surface area contributed by atoms with Gasteiger partial charge >= 0.3 is 0 Å². The van der Waals surface area contributed by atoms with Crippen molar-refractivity contribution in [2.45, 2.75) is 37.0 Å². The van der Waals surface area contributed by atoms with Crippen LogP contribution in [-0.2, 0) is 27.6 Å². The fourth-order valence-electron chi connectivity index (χ4n) is 3.08. The summed E-state index contributed by atoms with van der Waals surface area (Å²) in [5.74, 6) is 0.310. The fraction of sp³-hybridized carbons (Fsp3) is 0.421. The predicted molar refractivity (Wildman–Crippen MR) is 103 cm³/mol. The molecule has 0 bridgehead atoms. The summed E-state index contributed by atoms with van der Waals surface area (Å²) in [6.45, 7) is 1.47. The number of ether oxygens (including phenoxy) is 1. The average molecular weight is 375 g/mol. The Morgan fingerprint density at radius 2 is 1.92 bits per heavy atom. The van der Waals surface area contributed by atoms with E-state index in [1.807, 2.05) is 12.1 Å². The van der Waals surface area contributed by atoms with Gasteiger partial charge in [0.15, 0.2) is 0 Å². The van der Waals surface area contributed by atoms with Crippen molar-refractivity contribution in [1.29, 1.82) is 0 Å². The Labute approximate surface area is 155 Å². The van der Waals surface area contributed by atoms with Gasteiger partial charge in [0.25, 0.3) is 10.0 Å². The van der Waals surface area contributed by atoms with E-state index >= 15 is 0 Å². The molecule has 0 saturated heterocycles. The number of benzene rings is 1. The average Bonchev–Trinajstić information content (AvgIpc) is 2.66. The summed E-state index contributed by atoms with van der Waals surface area (Å²) in [5, 5.41) is 3.22. The molecular formula is C19H25N3O3S. The number of nitrogens with zero attached hydrogens (tertiary/aromatic N) is 1. The molecule has 0 radical (unpaired) electrons. The van der Waals surface area contributed by atoms with Gasteiger partial charge < -0.3 is 10.1 Å². The van der Waals surface area contributed by atoms with Gasteiger partial charge in [-0.2, -0.15) is 0 Å². The van der Waals surface area contributed by atoms with Crippen LogP contribution in [0.1, 0.15) is 30.4 Å². The van der Waals surface area contributed by atoms with Gasteiger partial charge in [0, 0.05) is 20.3 Å². The molecule has 0 fully saturated rings. The van der Waals surface area contributed by atoms with Crippen molar-refractivity contribution in [3.63, 3.8) is 0 Å². The monoisotopic (exact) mass is 375 g/mol. The van der Waals surface area contributed by atoms with Crippen LogP contribution >= 0.6 is 0 Å². The number of pyridine rings is 1. The van der Waals surface area contributed by atoms with Crippen LogP contribution in [0.15, 0.2) is 41.4 Å². The number of hydrogen-bond donors (Lipinski definition) is 2. The van der Waals surface area contributed by atoms with Crippen LogP contribution in [0, 0.1) is 0 Å². The van der Waals surface area contributed by atoms with Crippen LogP contribution in [0.25, 0.3) is 0 Å². The maximum atomic E-state index is 12.6. The van der Waals surface area contributed by atoms with Crippen LogP contribution in [0.2, 0.25) is 0 Å². The quantitative estimate of drug-likeness (QED) is 0.693. The number of sulfonamides is 1. The normalized spacial score (nSPS) is 13.9. The largest absolute Gasteiger partial charge is 0.385 e. The lowest BCUT2D eigenvalue weighted by molar-refractivity contribution is 0.198. The maximum absolute atomic E-state index is 12.6. The molecule has 0 atom stereocenters. The number of rotatable bonds is 8. The molecule has 6 nitrogen and oxygen atoms in total. The van der Waals surface area contributed by atoms with Gasteiger partial charge in [0.1, 0.15) is 5.82 Å². The number of hydrogen-bond acceptors (Lipinski definition) is 5. The summed E-state index contributed by atoms with van der Waals surface area (Å²) in [6, 6.07) is 8.88. The Balaban J connectivity index is 1.65. The summed E-state index contributed by atoms with van der Waals surface area (Å²) in [6.07, 6.45) is 6.78. The molecule has 1 aromatic carbocycles. The summed E-state index contributed by atoms with van der Waals surface area (Å²) in [7, 11) is -1.96. The lowest BCUT2D eigenvalue weighted by atomic mass is 9.92. The highest BCUT2D eigenvalue weighted by molar-refractivity contribution is 7.92. The van der Waals surface area contributed by atoms with Crippen LogP contribution in [-0.4, -0.2) is 33.7 Å². The number of aryl methyl sites for hydroxylation is 2. The zero-order chi connectivity index (χ0) is 18.4. The van der Waals surface area contributed by atoms with Crippen molar-refractivity contribution in [1.82, 2.24) is 4.98 Å². The molecular weight excluding hydrogens is 350 g/mol. The van der Waals surface area contributed by atoms with Gasteiger partial charge in [0.2, 0.25) is 0 Å². The Morgan fingerprint density at radius 3 is 2.65 bits per heavy atom. The van der Waals surface area contributed by atoms with Gasteiger partial charge in [0.05, 0.1) is 16.8 Å². The summed E-state index contributed by atoms with van der Waals surface area (Å²) in [5.41, 5.74) is 3.25. The van der Waals surface area contributed by atoms with Crippen molar-refractivity contribution >= 4 is 21.5 Å². The Morgan fingerprint density at radius 1 is 1.12 bits per heavy atom. The van der Waals surface area contributed by atoms with Gasteiger partial charge in [-0.05, 0) is 67.5 Å². The molecule has 0 spiro atoms. The zero-order valence-corrected chi connectivity index (χ0v) is 15.8. The van der Waals surface area contributed by atoms with Crippen LogP contribution in [0.5, 0.6) is 0 Å². The Bertz CT molecular complexity index is 836. The van der Waals surface area contributed by atoms with Crippen molar-refractivity contribution in [3.8, 4) is 0 Å². The molecule has 140 valence electrons. The third kappa shape index (κ3) is 4.74. The van der Waals surface area contributed by atoms with Gasteiger partial charge in [-0.1, -0.05) is 6.07 Å². The van der Waals surface area contributed by atoms with Crippen molar-refractivity contribution in [3.05, 3.63) is 47.7 Å². The Hall–Kier alpha value is -2.12. The molecule has 7 heteroatoms. The summed E-state index contributed by atoms with van der Waals surface area (Å²) in [4.78, 5) is 4.48. The first-order chi connectivity index (χ1) is 12.6. The molecule has 0 amide bonds. The second kappa shape index (κ2) is 8.51. The van der Waals surface area contributed by atoms with E-state index in [2.05, 4.69) is 15.0 Å². The molecule has 1 aromatic heterocycles. The van der Waals surface area contributed by atoms with Crippen molar-refractivity contribution < 1.29 is 13.2 Å². The van der Waals surface area contributed by atoms with Gasteiger partial charge in [-0.25, -0.2) is 13.4 Å². The predicted octanol–water partition coefficient (Wildman–Crippen LogP) is 3.21. The van der Waals surface area contributed by atoms with Crippen LogP contribution in [0.4, 0.5) is 11.5 Å².